The van der Waals surface area contributed by atoms with Gasteiger partial charge in [0, 0.05) is 23.3 Å². The van der Waals surface area contributed by atoms with E-state index in [2.05, 4.69) is 6.58 Å². The number of carbonyl (C=O) groups excluding carboxylic acids is 4. The Labute approximate surface area is 213 Å². The zero-order chi connectivity index (χ0) is 26.6. The quantitative estimate of drug-likeness (QED) is 0.367. The van der Waals surface area contributed by atoms with Gasteiger partial charge in [-0.2, -0.15) is 0 Å². The van der Waals surface area contributed by atoms with Crippen molar-refractivity contribution in [3.05, 3.63) is 36.0 Å². The van der Waals surface area contributed by atoms with Crippen molar-refractivity contribution in [1.82, 2.24) is 0 Å². The Hall–Kier alpha value is -2.62. The summed E-state index contributed by atoms with van der Waals surface area (Å²) in [5.41, 5.74) is -7.53. The Morgan fingerprint density at radius 3 is 2.54 bits per heavy atom. The molecule has 196 valence electrons. The molecule has 37 heavy (non-hydrogen) atoms. The van der Waals surface area contributed by atoms with Gasteiger partial charge in [-0.25, -0.2) is 9.59 Å². The second-order valence-corrected chi connectivity index (χ2v) is 12.6. The first-order valence-electron chi connectivity index (χ1n) is 13.0. The molecule has 10 atom stereocenters. The third kappa shape index (κ3) is 2.12. The summed E-state index contributed by atoms with van der Waals surface area (Å²) in [7, 11) is 0. The normalized spacial score (nSPS) is 55.4. The lowest BCUT2D eigenvalue weighted by atomic mass is 9.47. The minimum absolute atomic E-state index is 0.0271. The monoisotopic (exact) mass is 510 g/mol. The number of hydrogen-bond donors (Lipinski definition) is 2. The van der Waals surface area contributed by atoms with Crippen LogP contribution in [0.4, 0.5) is 0 Å². The van der Waals surface area contributed by atoms with Crippen LogP contribution in [0.3, 0.4) is 0 Å². The third-order valence-electron chi connectivity index (χ3n) is 11.3. The lowest BCUT2D eigenvalue weighted by Crippen LogP contribution is -2.77. The van der Waals surface area contributed by atoms with E-state index in [1.807, 2.05) is 12.2 Å². The van der Waals surface area contributed by atoms with Crippen LogP contribution in [0, 0.1) is 28.6 Å². The molecule has 0 unspecified atom stereocenters. The van der Waals surface area contributed by atoms with Crippen molar-refractivity contribution < 1.29 is 43.6 Å². The van der Waals surface area contributed by atoms with Gasteiger partial charge < -0.3 is 24.4 Å². The molecule has 7 aliphatic rings. The van der Waals surface area contributed by atoms with Gasteiger partial charge in [0.15, 0.2) is 22.6 Å². The molecule has 0 amide bonds. The smallest absolute Gasteiger partial charge is 0.342 e. The van der Waals surface area contributed by atoms with Crippen LogP contribution >= 0.6 is 0 Å². The van der Waals surface area contributed by atoms with Gasteiger partial charge in [0.05, 0.1) is 11.3 Å². The van der Waals surface area contributed by atoms with Crippen LogP contribution in [0.2, 0.25) is 0 Å². The van der Waals surface area contributed by atoms with Crippen molar-refractivity contribution in [3.8, 4) is 0 Å². The highest BCUT2D eigenvalue weighted by atomic mass is 16.7. The highest BCUT2D eigenvalue weighted by molar-refractivity contribution is 6.01. The van der Waals surface area contributed by atoms with Crippen molar-refractivity contribution in [1.29, 1.82) is 0 Å². The van der Waals surface area contributed by atoms with E-state index in [0.717, 1.165) is 5.57 Å². The minimum Gasteiger partial charge on any atom is -0.455 e. The van der Waals surface area contributed by atoms with Crippen LogP contribution < -0.4 is 0 Å². The summed E-state index contributed by atoms with van der Waals surface area (Å²) in [5.74, 6) is -7.62. The van der Waals surface area contributed by atoms with Crippen LogP contribution in [0.1, 0.15) is 52.9 Å². The van der Waals surface area contributed by atoms with Gasteiger partial charge in [-0.15, -0.1) is 0 Å². The summed E-state index contributed by atoms with van der Waals surface area (Å²) in [5, 5.41) is 24.6. The van der Waals surface area contributed by atoms with E-state index in [-0.39, 0.29) is 43.5 Å². The molecule has 0 aromatic heterocycles. The summed E-state index contributed by atoms with van der Waals surface area (Å²) >= 11 is 0. The molecule has 9 nitrogen and oxygen atoms in total. The van der Waals surface area contributed by atoms with Crippen LogP contribution in [-0.4, -0.2) is 62.4 Å². The molecule has 4 aliphatic heterocycles. The summed E-state index contributed by atoms with van der Waals surface area (Å²) < 4.78 is 18.0. The van der Waals surface area contributed by atoms with Gasteiger partial charge >= 0.3 is 11.9 Å². The average Bonchev–Trinajstić information content (AvgIpc) is 3.19. The summed E-state index contributed by atoms with van der Waals surface area (Å²) in [4.78, 5) is 54.4. The number of ether oxygens (including phenoxy) is 3. The van der Waals surface area contributed by atoms with E-state index in [1.54, 1.807) is 19.9 Å². The standard InChI is InChI=1S/C28H30O9/c1-13-21(31)35-18-12-23(13,2)19-20(30)27(34)16-9-8-14-6-5-7-17(29)24(14,3)15(16)10-11-26(33)22(32)36-25(18,4)28(19,26)37-27/h5-6,8,15-16,18-19,33-34H,1,7,9-12H2,2-4H3/t15-,16+,18+,19-,23+,24-,25-,26-,27-,28-/m0/s1. The average molecular weight is 511 g/mol. The van der Waals surface area contributed by atoms with E-state index < -0.39 is 75.0 Å². The number of ketones is 2. The zero-order valence-corrected chi connectivity index (χ0v) is 21.0. The van der Waals surface area contributed by atoms with E-state index in [9.17, 15) is 29.4 Å². The molecule has 9 heteroatoms. The number of allylic oxidation sites excluding steroid dienone is 4. The molecule has 0 aromatic carbocycles. The lowest BCUT2D eigenvalue weighted by Gasteiger charge is -2.60. The predicted octanol–water partition coefficient (Wildman–Crippen LogP) is 1.46. The van der Waals surface area contributed by atoms with Gasteiger partial charge in [0.25, 0.3) is 0 Å². The molecule has 1 spiro atoms. The molecule has 1 saturated carbocycles. The molecule has 4 bridgehead atoms. The number of rotatable bonds is 0. The van der Waals surface area contributed by atoms with E-state index in [0.29, 0.717) is 0 Å². The fraction of sp³-hybridized carbons (Fsp3) is 0.643. The summed E-state index contributed by atoms with van der Waals surface area (Å²) in [6.07, 6.45) is 5.17. The van der Waals surface area contributed by atoms with Crippen molar-refractivity contribution in [2.24, 2.45) is 28.6 Å². The highest BCUT2D eigenvalue weighted by Crippen LogP contribution is 2.73. The molecule has 7 rings (SSSR count). The first kappa shape index (κ1) is 23.5. The number of Topliss-reactive ketones (excluding diaryl/α,β-unsaturated/α-hetero) is 2. The minimum atomic E-state index is -2.44. The molecule has 2 N–H and O–H groups in total. The SMILES string of the molecule is C=C1C(=O)O[C@@H]2C[C@@]1(C)[C@@H]1C(=O)[C@@]3(O)O[C@]14[C@@]2(C)OC(=O)[C@@]4(O)CC[C@H]1[C@H]3CC=C2C=CCC(=O)[C@@]21C. The van der Waals surface area contributed by atoms with Gasteiger partial charge in [-0.3, -0.25) is 9.59 Å². The van der Waals surface area contributed by atoms with Gasteiger partial charge in [-0.1, -0.05) is 31.7 Å². The summed E-state index contributed by atoms with van der Waals surface area (Å²) in [6.45, 7) is 8.91. The third-order valence-corrected chi connectivity index (χ3v) is 11.3. The van der Waals surface area contributed by atoms with Crippen LogP contribution in [-0.2, 0) is 33.4 Å². The number of fused-ring (bicyclic) bond motifs is 9. The van der Waals surface area contributed by atoms with Crippen molar-refractivity contribution in [2.75, 3.05) is 0 Å². The fourth-order valence-corrected chi connectivity index (χ4v) is 9.19. The molecule has 3 aliphatic carbocycles. The van der Waals surface area contributed by atoms with E-state index in [4.69, 9.17) is 14.2 Å². The number of hydrogen-bond acceptors (Lipinski definition) is 9. The number of carbonyl (C=O) groups is 4. The van der Waals surface area contributed by atoms with Crippen molar-refractivity contribution in [2.45, 2.75) is 81.6 Å². The van der Waals surface area contributed by atoms with Gasteiger partial charge in [0.2, 0.25) is 5.79 Å². The van der Waals surface area contributed by atoms with Crippen LogP contribution in [0.15, 0.2) is 36.0 Å². The molecular formula is C28H30O9. The Kier molecular flexibility index (Phi) is 4.02. The van der Waals surface area contributed by atoms with Crippen molar-refractivity contribution in [3.63, 3.8) is 0 Å². The first-order valence-corrected chi connectivity index (χ1v) is 13.0. The first-order chi connectivity index (χ1) is 17.2. The topological polar surface area (TPSA) is 136 Å². The summed E-state index contributed by atoms with van der Waals surface area (Å²) in [6, 6.07) is 0. The highest BCUT2D eigenvalue weighted by Gasteiger charge is 2.91. The Balaban J connectivity index is 1.51. The lowest BCUT2D eigenvalue weighted by molar-refractivity contribution is -0.339. The Morgan fingerprint density at radius 1 is 1.08 bits per heavy atom. The van der Waals surface area contributed by atoms with E-state index >= 15 is 0 Å². The molecule has 4 saturated heterocycles. The fourth-order valence-electron chi connectivity index (χ4n) is 9.19. The maximum Gasteiger partial charge on any atom is 0.342 e. The molecule has 5 fully saturated rings. The largest absolute Gasteiger partial charge is 0.455 e. The zero-order valence-electron chi connectivity index (χ0n) is 21.0. The van der Waals surface area contributed by atoms with Gasteiger partial charge in [0.1, 0.15) is 11.9 Å². The second kappa shape index (κ2) is 6.33. The Bertz CT molecular complexity index is 1310. The second-order valence-electron chi connectivity index (χ2n) is 12.6. The van der Waals surface area contributed by atoms with Gasteiger partial charge in [-0.05, 0) is 51.0 Å². The molecule has 0 aromatic rings. The maximum absolute atomic E-state index is 14.5. The molecule has 4 heterocycles. The number of aliphatic hydroxyl groups is 2. The van der Waals surface area contributed by atoms with Crippen LogP contribution in [0.5, 0.6) is 0 Å². The maximum atomic E-state index is 14.5. The predicted molar refractivity (Wildman–Crippen MR) is 124 cm³/mol. The van der Waals surface area contributed by atoms with Crippen molar-refractivity contribution >= 4 is 23.5 Å². The molecule has 0 radical (unpaired) electrons. The Morgan fingerprint density at radius 2 is 1.81 bits per heavy atom. The van der Waals surface area contributed by atoms with E-state index in [1.165, 1.54) is 6.92 Å². The van der Waals surface area contributed by atoms with Crippen LogP contribution in [0.25, 0.3) is 0 Å². The molecular weight excluding hydrogens is 480 g/mol. The number of esters is 2.